The highest BCUT2D eigenvalue weighted by Gasteiger charge is 2.29. The van der Waals surface area contributed by atoms with Crippen LogP contribution in [-0.2, 0) is 7.05 Å². The Morgan fingerprint density at radius 3 is 3.00 bits per heavy atom. The largest absolute Gasteiger partial charge is 0.485 e. The molecule has 8 nitrogen and oxygen atoms in total. The van der Waals surface area contributed by atoms with E-state index in [9.17, 15) is 0 Å². The highest BCUT2D eigenvalue weighted by Crippen LogP contribution is 2.45. The second-order valence-corrected chi connectivity index (χ2v) is 5.72. The number of rotatable bonds is 1. The Kier molecular flexibility index (Phi) is 2.89. The number of nitrogen functional groups attached to an aromatic ring is 1. The molecule has 112 valence electrons. The average Bonchev–Trinajstić information content (AvgIpc) is 2.94. The molecule has 1 aliphatic heterocycles. The van der Waals surface area contributed by atoms with E-state index in [0.717, 1.165) is 4.47 Å². The third-order valence-corrected chi connectivity index (χ3v) is 3.97. The van der Waals surface area contributed by atoms with Crippen LogP contribution < -0.4 is 15.2 Å². The van der Waals surface area contributed by atoms with Gasteiger partial charge in [-0.2, -0.15) is 5.10 Å². The molecule has 0 saturated carbocycles. The van der Waals surface area contributed by atoms with Crippen LogP contribution in [0.5, 0.6) is 11.5 Å². The average molecular weight is 363 g/mol. The first-order chi connectivity index (χ1) is 10.6. The van der Waals surface area contributed by atoms with Gasteiger partial charge < -0.3 is 15.2 Å². The van der Waals surface area contributed by atoms with Crippen LogP contribution in [0.15, 0.2) is 23.2 Å². The Bertz CT molecular complexity index is 880. The number of hydrogen-bond acceptors (Lipinski definition) is 7. The lowest BCUT2D eigenvalue weighted by Crippen LogP contribution is -2.23. The Labute approximate surface area is 133 Å². The number of ether oxygens (including phenoxy) is 2. The summed E-state index contributed by atoms with van der Waals surface area (Å²) in [5, 5.41) is 4.87. The van der Waals surface area contributed by atoms with Gasteiger partial charge in [0.2, 0.25) is 0 Å². The molecule has 2 aromatic heterocycles. The maximum Gasteiger partial charge on any atom is 0.194 e. The summed E-state index contributed by atoms with van der Waals surface area (Å²) in [5.41, 5.74) is 6.67. The number of hydrogen-bond donors (Lipinski definition) is 1. The standard InChI is InChI=1S/C13H11BrN6O2/c1-20-5-18-13(19-20)8-3-21-7-2-6(14)10-9(11(7)22-8)12(15)17-4-16-10/h2,4-5,8H,3H2,1H3,(H2,15,16,17). The third-order valence-electron chi connectivity index (χ3n) is 3.37. The molecule has 0 fully saturated rings. The second-order valence-electron chi connectivity index (χ2n) is 4.86. The third kappa shape index (κ3) is 1.97. The molecule has 0 spiro atoms. The Hall–Kier alpha value is -2.42. The number of fused-ring (bicyclic) bond motifs is 3. The fourth-order valence-corrected chi connectivity index (χ4v) is 2.88. The summed E-state index contributed by atoms with van der Waals surface area (Å²) in [6.07, 6.45) is 2.62. The Balaban J connectivity index is 1.87. The zero-order chi connectivity index (χ0) is 15.3. The van der Waals surface area contributed by atoms with E-state index < -0.39 is 6.10 Å². The van der Waals surface area contributed by atoms with Crippen molar-refractivity contribution in [2.24, 2.45) is 7.05 Å². The number of aryl methyl sites for hydroxylation is 1. The van der Waals surface area contributed by atoms with Gasteiger partial charge in [0, 0.05) is 17.6 Å². The molecule has 2 N–H and O–H groups in total. The second kappa shape index (κ2) is 4.80. The first-order valence-electron chi connectivity index (χ1n) is 6.51. The van der Waals surface area contributed by atoms with E-state index in [4.69, 9.17) is 15.2 Å². The number of anilines is 1. The lowest BCUT2D eigenvalue weighted by Gasteiger charge is -2.26. The lowest BCUT2D eigenvalue weighted by molar-refractivity contribution is 0.0870. The van der Waals surface area contributed by atoms with Crippen LogP contribution in [0.4, 0.5) is 5.82 Å². The van der Waals surface area contributed by atoms with Gasteiger partial charge in [-0.3, -0.25) is 4.68 Å². The molecule has 1 unspecified atom stereocenters. The zero-order valence-corrected chi connectivity index (χ0v) is 13.1. The van der Waals surface area contributed by atoms with Crippen molar-refractivity contribution in [1.29, 1.82) is 0 Å². The van der Waals surface area contributed by atoms with Crippen LogP contribution in [0, 0.1) is 0 Å². The van der Waals surface area contributed by atoms with E-state index in [1.165, 1.54) is 6.33 Å². The van der Waals surface area contributed by atoms with Crippen molar-refractivity contribution >= 4 is 32.7 Å². The maximum absolute atomic E-state index is 6.04. The summed E-state index contributed by atoms with van der Waals surface area (Å²) in [6.45, 7) is 0.322. The predicted octanol–water partition coefficient (Wildman–Crippen LogP) is 1.62. The minimum absolute atomic E-state index is 0.322. The number of nitrogens with two attached hydrogens (primary N) is 1. The molecule has 1 aliphatic rings. The molecular formula is C13H11BrN6O2. The normalized spacial score (nSPS) is 16.9. The summed E-state index contributed by atoms with van der Waals surface area (Å²) >= 11 is 3.46. The fraction of sp³-hybridized carbons (Fsp3) is 0.231. The molecular weight excluding hydrogens is 352 g/mol. The van der Waals surface area contributed by atoms with Crippen molar-refractivity contribution in [3.05, 3.63) is 29.0 Å². The number of benzene rings is 1. The molecule has 9 heteroatoms. The Morgan fingerprint density at radius 1 is 1.36 bits per heavy atom. The number of halogens is 1. The van der Waals surface area contributed by atoms with Gasteiger partial charge in [-0.1, -0.05) is 0 Å². The smallest absolute Gasteiger partial charge is 0.194 e. The SMILES string of the molecule is Cn1cnc(C2COc3cc(Br)c4ncnc(N)c4c3O2)n1. The molecule has 0 radical (unpaired) electrons. The van der Waals surface area contributed by atoms with Crippen molar-refractivity contribution in [3.63, 3.8) is 0 Å². The number of nitrogens with zero attached hydrogens (tertiary/aromatic N) is 5. The highest BCUT2D eigenvalue weighted by molar-refractivity contribution is 9.10. The quantitative estimate of drug-likeness (QED) is 0.701. The van der Waals surface area contributed by atoms with Crippen LogP contribution in [0.3, 0.4) is 0 Å². The van der Waals surface area contributed by atoms with Gasteiger partial charge in [0.15, 0.2) is 23.4 Å². The van der Waals surface area contributed by atoms with Gasteiger partial charge in [0.05, 0.1) is 10.9 Å². The maximum atomic E-state index is 6.04. The van der Waals surface area contributed by atoms with Crippen LogP contribution in [-0.4, -0.2) is 31.3 Å². The van der Waals surface area contributed by atoms with Gasteiger partial charge in [-0.25, -0.2) is 15.0 Å². The van der Waals surface area contributed by atoms with Crippen LogP contribution in [0.1, 0.15) is 11.9 Å². The minimum atomic E-state index is -0.405. The van der Waals surface area contributed by atoms with E-state index in [1.54, 1.807) is 18.1 Å². The van der Waals surface area contributed by atoms with E-state index in [2.05, 4.69) is 36.0 Å². The fourth-order valence-electron chi connectivity index (χ4n) is 2.37. The summed E-state index contributed by atoms with van der Waals surface area (Å²) in [5.74, 6) is 1.99. The van der Waals surface area contributed by atoms with E-state index in [-0.39, 0.29) is 0 Å². The predicted molar refractivity (Wildman–Crippen MR) is 81.5 cm³/mol. The topological polar surface area (TPSA) is 101 Å². The molecule has 4 rings (SSSR count). The van der Waals surface area contributed by atoms with Crippen molar-refractivity contribution in [1.82, 2.24) is 24.7 Å². The van der Waals surface area contributed by atoms with Gasteiger partial charge in [0.25, 0.3) is 0 Å². The summed E-state index contributed by atoms with van der Waals surface area (Å²) in [4.78, 5) is 12.5. The number of aromatic nitrogens is 5. The van der Waals surface area contributed by atoms with Gasteiger partial charge in [-0.15, -0.1) is 0 Å². The zero-order valence-electron chi connectivity index (χ0n) is 11.5. The molecule has 1 atom stereocenters. The molecule has 3 aromatic rings. The monoisotopic (exact) mass is 362 g/mol. The van der Waals surface area contributed by atoms with Crippen molar-refractivity contribution in [3.8, 4) is 11.5 Å². The summed E-state index contributed by atoms with van der Waals surface area (Å²) in [6, 6.07) is 1.81. The summed E-state index contributed by atoms with van der Waals surface area (Å²) in [7, 11) is 1.80. The van der Waals surface area contributed by atoms with E-state index >= 15 is 0 Å². The van der Waals surface area contributed by atoms with Crippen LogP contribution >= 0.6 is 15.9 Å². The van der Waals surface area contributed by atoms with Crippen molar-refractivity contribution < 1.29 is 9.47 Å². The van der Waals surface area contributed by atoms with E-state index in [1.807, 2.05) is 6.07 Å². The first-order valence-corrected chi connectivity index (χ1v) is 7.30. The molecule has 1 aromatic carbocycles. The molecule has 0 saturated heterocycles. The van der Waals surface area contributed by atoms with Crippen molar-refractivity contribution in [2.75, 3.05) is 12.3 Å². The van der Waals surface area contributed by atoms with Crippen LogP contribution in [0.25, 0.3) is 10.9 Å². The molecule has 22 heavy (non-hydrogen) atoms. The van der Waals surface area contributed by atoms with Gasteiger partial charge in [-0.05, 0) is 15.9 Å². The Morgan fingerprint density at radius 2 is 2.23 bits per heavy atom. The molecule has 0 amide bonds. The van der Waals surface area contributed by atoms with Crippen LogP contribution in [0.2, 0.25) is 0 Å². The highest BCUT2D eigenvalue weighted by atomic mass is 79.9. The van der Waals surface area contributed by atoms with Crippen molar-refractivity contribution in [2.45, 2.75) is 6.10 Å². The lowest BCUT2D eigenvalue weighted by atomic mass is 10.1. The molecule has 0 aliphatic carbocycles. The minimum Gasteiger partial charge on any atom is -0.485 e. The van der Waals surface area contributed by atoms with Gasteiger partial charge >= 0.3 is 0 Å². The first kappa shape index (κ1) is 13.3. The van der Waals surface area contributed by atoms with E-state index in [0.29, 0.717) is 40.7 Å². The summed E-state index contributed by atoms with van der Waals surface area (Å²) < 4.78 is 14.2. The van der Waals surface area contributed by atoms with Gasteiger partial charge in [0.1, 0.15) is 25.1 Å². The molecule has 0 bridgehead atoms. The molecule has 3 heterocycles.